The van der Waals surface area contributed by atoms with Gasteiger partial charge in [-0.15, -0.1) is 0 Å². The fourth-order valence-electron chi connectivity index (χ4n) is 9.89. The number of piperazine rings is 2. The molecule has 0 unspecified atom stereocenters. The standard InChI is InChI=1S/C31H39ClN6O5S.C30H37ClN6O3/c1-44(39,40)43-19-18-42-17-16-41-15-14-37-10-12-38(13-11-37)22-24-6-8-25(9-7-24)29-20-27-30(34-23-35-31(27)36-29)33-21-26-4-2-3-5-28(26)32;31-27-4-2-1-3-25(27)20-32-29-26-19-28(35-30(26)34-22-33-29)24-7-5-23(6-8-24)21-37-11-9-36(10-12-37)13-15-39-17-18-40-16-14-38/h2-9,20,23H,10-19,21-22H2,1H3,(H2,33,34,35,36);1-8,19,22,38H,9-18,20-21H2,(H2,32,33,34,35). The minimum atomic E-state index is -3.42. The molecular formula is C61H76Cl2N12O8S. The highest BCUT2D eigenvalue weighted by atomic mass is 35.5. The molecule has 0 radical (unpaired) electrons. The average Bonchev–Trinajstić information content (AvgIpc) is 4.27. The molecule has 0 amide bonds. The minimum absolute atomic E-state index is 0.0260. The summed E-state index contributed by atoms with van der Waals surface area (Å²) in [5, 5.41) is 18.9. The molecule has 2 aliphatic heterocycles. The summed E-state index contributed by atoms with van der Waals surface area (Å²) in [7, 11) is -3.42. The predicted octanol–water partition coefficient (Wildman–Crippen LogP) is 8.05. The number of aromatic amines is 2. The molecule has 2 fully saturated rings. The summed E-state index contributed by atoms with van der Waals surface area (Å²) in [6, 6.07) is 37.2. The molecule has 6 heterocycles. The van der Waals surface area contributed by atoms with Crippen LogP contribution in [0.5, 0.6) is 0 Å². The molecule has 0 atom stereocenters. The molecule has 4 aromatic heterocycles. The quantitative estimate of drug-likeness (QED) is 0.0212. The lowest BCUT2D eigenvalue weighted by molar-refractivity contribution is 0.0214. The van der Waals surface area contributed by atoms with Gasteiger partial charge in [0.15, 0.2) is 0 Å². The largest absolute Gasteiger partial charge is 0.394 e. The molecule has 0 spiro atoms. The number of fused-ring (bicyclic) bond motifs is 2. The molecule has 0 aliphatic carbocycles. The minimum Gasteiger partial charge on any atom is -0.394 e. The van der Waals surface area contributed by atoms with E-state index in [2.05, 4.69) is 125 Å². The number of halogens is 2. The fourth-order valence-corrected chi connectivity index (χ4v) is 10.7. The maximum Gasteiger partial charge on any atom is 0.264 e. The Morgan fingerprint density at radius 1 is 0.512 bits per heavy atom. The van der Waals surface area contributed by atoms with Gasteiger partial charge in [0.2, 0.25) is 0 Å². The summed E-state index contributed by atoms with van der Waals surface area (Å²) in [6.07, 6.45) is 4.16. The first-order valence-electron chi connectivity index (χ1n) is 28.5. The van der Waals surface area contributed by atoms with Crippen molar-refractivity contribution < 1.29 is 36.7 Å². The van der Waals surface area contributed by atoms with Gasteiger partial charge in [0.25, 0.3) is 10.1 Å². The van der Waals surface area contributed by atoms with Gasteiger partial charge in [-0.25, -0.2) is 19.9 Å². The number of benzene rings is 4. The number of H-pyrrole nitrogens is 2. The first-order valence-corrected chi connectivity index (χ1v) is 31.1. The van der Waals surface area contributed by atoms with Crippen LogP contribution in [0.4, 0.5) is 11.6 Å². The van der Waals surface area contributed by atoms with Gasteiger partial charge in [0.1, 0.15) is 35.6 Å². The molecule has 20 nitrogen and oxygen atoms in total. The Kier molecular flexibility index (Phi) is 24.0. The van der Waals surface area contributed by atoms with E-state index in [-0.39, 0.29) is 19.8 Å². The third-order valence-corrected chi connectivity index (χ3v) is 15.9. The van der Waals surface area contributed by atoms with E-state index < -0.39 is 10.1 Å². The summed E-state index contributed by atoms with van der Waals surface area (Å²) < 4.78 is 48.2. The molecule has 23 heteroatoms. The second-order valence-corrected chi connectivity index (χ2v) is 23.0. The maximum atomic E-state index is 10.9. The summed E-state index contributed by atoms with van der Waals surface area (Å²) >= 11 is 12.6. The zero-order valence-corrected chi connectivity index (χ0v) is 49.9. The van der Waals surface area contributed by atoms with Gasteiger partial charge >= 0.3 is 0 Å². The Morgan fingerprint density at radius 2 is 0.905 bits per heavy atom. The van der Waals surface area contributed by atoms with Gasteiger partial charge in [0, 0.05) is 113 Å². The van der Waals surface area contributed by atoms with Gasteiger partial charge in [0.05, 0.1) is 83.1 Å². The number of rotatable bonds is 30. The van der Waals surface area contributed by atoms with Crippen molar-refractivity contribution in [3.05, 3.63) is 154 Å². The first-order chi connectivity index (χ1) is 41.0. The average molecular weight is 1210 g/mol. The molecule has 448 valence electrons. The van der Waals surface area contributed by atoms with E-state index in [1.165, 1.54) is 11.1 Å². The van der Waals surface area contributed by atoms with Crippen LogP contribution in [0.2, 0.25) is 10.0 Å². The second-order valence-electron chi connectivity index (χ2n) is 20.6. The van der Waals surface area contributed by atoms with E-state index >= 15 is 0 Å². The third-order valence-electron chi connectivity index (χ3n) is 14.5. The molecule has 10 rings (SSSR count). The van der Waals surface area contributed by atoms with Crippen LogP contribution in [0.3, 0.4) is 0 Å². The highest BCUT2D eigenvalue weighted by Crippen LogP contribution is 2.30. The monoisotopic (exact) mass is 1210 g/mol. The van der Waals surface area contributed by atoms with E-state index in [0.29, 0.717) is 59.3 Å². The summed E-state index contributed by atoms with van der Waals surface area (Å²) in [6.45, 7) is 17.1. The van der Waals surface area contributed by atoms with Crippen molar-refractivity contribution >= 4 is 67.0 Å². The highest BCUT2D eigenvalue weighted by Gasteiger charge is 2.19. The molecule has 5 N–H and O–H groups in total. The van der Waals surface area contributed by atoms with Crippen molar-refractivity contribution in [2.75, 3.05) is 148 Å². The van der Waals surface area contributed by atoms with Crippen LogP contribution in [0.25, 0.3) is 44.6 Å². The number of aliphatic hydroxyl groups excluding tert-OH is 1. The van der Waals surface area contributed by atoms with Crippen molar-refractivity contribution in [3.63, 3.8) is 0 Å². The Labute approximate surface area is 501 Å². The highest BCUT2D eigenvalue weighted by molar-refractivity contribution is 7.86. The SMILES string of the molecule is CS(=O)(=O)OCCOCCOCCN1CCN(Cc2ccc(-c3cc4c(NCc5ccccc5Cl)ncnc4[nH]3)cc2)CC1.OCCOCCOCCN1CCN(Cc2ccc(-c3cc4c(NCc5ccccc5Cl)ncnc4[nH]3)cc2)CC1. The number of ether oxygens (including phenoxy) is 4. The number of aliphatic hydroxyl groups is 1. The molecule has 0 bridgehead atoms. The molecular weight excluding hydrogens is 1130 g/mol. The van der Waals surface area contributed by atoms with Crippen LogP contribution in [-0.2, 0) is 59.4 Å². The molecule has 2 saturated heterocycles. The molecule has 8 aromatic rings. The molecule has 2 aliphatic rings. The van der Waals surface area contributed by atoms with E-state index in [1.807, 2.05) is 48.5 Å². The van der Waals surface area contributed by atoms with E-state index in [9.17, 15) is 8.42 Å². The van der Waals surface area contributed by atoms with Crippen LogP contribution in [0, 0.1) is 0 Å². The lowest BCUT2D eigenvalue weighted by Gasteiger charge is -2.34. The first kappa shape index (κ1) is 62.4. The topological polar surface area (TPSA) is 221 Å². The zero-order valence-electron chi connectivity index (χ0n) is 47.6. The van der Waals surface area contributed by atoms with Gasteiger partial charge in [-0.05, 0) is 57.6 Å². The van der Waals surface area contributed by atoms with Gasteiger partial charge in [-0.1, -0.05) is 108 Å². The smallest absolute Gasteiger partial charge is 0.264 e. The molecule has 4 aromatic carbocycles. The molecule has 0 saturated carbocycles. The number of aromatic nitrogens is 6. The van der Waals surface area contributed by atoms with Crippen LogP contribution < -0.4 is 10.6 Å². The van der Waals surface area contributed by atoms with Crippen LogP contribution in [0.15, 0.2) is 122 Å². The van der Waals surface area contributed by atoms with Crippen LogP contribution in [-0.4, -0.2) is 201 Å². The van der Waals surface area contributed by atoms with Gasteiger partial charge in [-0.2, -0.15) is 8.42 Å². The van der Waals surface area contributed by atoms with Crippen molar-refractivity contribution in [2.24, 2.45) is 0 Å². The Bertz CT molecular complexity index is 3380. The van der Waals surface area contributed by atoms with Crippen molar-refractivity contribution in [1.29, 1.82) is 0 Å². The Morgan fingerprint density at radius 3 is 1.32 bits per heavy atom. The predicted molar refractivity (Wildman–Crippen MR) is 331 cm³/mol. The van der Waals surface area contributed by atoms with Crippen LogP contribution in [0.1, 0.15) is 22.3 Å². The number of hydrogen-bond acceptors (Lipinski definition) is 18. The summed E-state index contributed by atoms with van der Waals surface area (Å²) in [4.78, 5) is 34.5. The normalized spacial score (nSPS) is 14.7. The zero-order chi connectivity index (χ0) is 58.4. The number of hydrogen-bond donors (Lipinski definition) is 5. The summed E-state index contributed by atoms with van der Waals surface area (Å²) in [5.74, 6) is 1.55. The fraction of sp³-hybridized carbons (Fsp3) is 0.410. The lowest BCUT2D eigenvalue weighted by atomic mass is 10.1. The van der Waals surface area contributed by atoms with Gasteiger partial charge < -0.3 is 44.7 Å². The number of anilines is 2. The number of nitrogens with one attached hydrogen (secondary N) is 4. The maximum absolute atomic E-state index is 10.9. The van der Waals surface area contributed by atoms with E-state index in [4.69, 9.17) is 47.3 Å². The lowest BCUT2D eigenvalue weighted by Crippen LogP contribution is -2.46. The Hall–Kier alpha value is -6.15. The Balaban J connectivity index is 0.000000202. The summed E-state index contributed by atoms with van der Waals surface area (Å²) in [5.41, 5.74) is 10.4. The second kappa shape index (κ2) is 32.4. The molecule has 84 heavy (non-hydrogen) atoms. The van der Waals surface area contributed by atoms with Crippen molar-refractivity contribution in [1.82, 2.24) is 49.5 Å². The van der Waals surface area contributed by atoms with E-state index in [1.54, 1.807) is 12.7 Å². The third kappa shape index (κ3) is 19.4. The van der Waals surface area contributed by atoms with Crippen LogP contribution >= 0.6 is 23.2 Å². The van der Waals surface area contributed by atoms with Crippen molar-refractivity contribution in [2.45, 2.75) is 26.2 Å². The number of nitrogens with zero attached hydrogens (tertiary/aromatic N) is 8. The van der Waals surface area contributed by atoms with Crippen molar-refractivity contribution in [3.8, 4) is 22.5 Å². The van der Waals surface area contributed by atoms with Gasteiger partial charge in [-0.3, -0.25) is 23.8 Å². The van der Waals surface area contributed by atoms with E-state index in [0.717, 1.165) is 162 Å².